The summed E-state index contributed by atoms with van der Waals surface area (Å²) in [6.45, 7) is 0.827. The number of anilines is 1. The molecule has 86 valence electrons. The van der Waals surface area contributed by atoms with Gasteiger partial charge in [0.2, 0.25) is 0 Å². The largest absolute Gasteiger partial charge is 0.480 e. The lowest BCUT2D eigenvalue weighted by Crippen LogP contribution is -2.44. The van der Waals surface area contributed by atoms with Crippen LogP contribution in [-0.4, -0.2) is 23.7 Å². The van der Waals surface area contributed by atoms with E-state index in [1.807, 2.05) is 29.2 Å². The summed E-state index contributed by atoms with van der Waals surface area (Å²) in [5.74, 6) is -0.723. The number of hydrogen-bond donors (Lipinski definition) is 1. The van der Waals surface area contributed by atoms with Crippen molar-refractivity contribution in [3.63, 3.8) is 0 Å². The van der Waals surface area contributed by atoms with Gasteiger partial charge in [0.1, 0.15) is 6.04 Å². The molecule has 1 N–H and O–H groups in total. The molecule has 4 heteroatoms. The Kier molecular flexibility index (Phi) is 3.49. The van der Waals surface area contributed by atoms with Crippen LogP contribution in [0.15, 0.2) is 28.7 Å². The molecule has 0 aromatic heterocycles. The lowest BCUT2D eigenvalue weighted by atomic mass is 10.0. The fraction of sp³-hybridized carbons (Fsp3) is 0.417. The third-order valence-corrected chi connectivity index (χ3v) is 3.42. The molecule has 1 saturated heterocycles. The zero-order valence-electron chi connectivity index (χ0n) is 8.90. The molecule has 3 nitrogen and oxygen atoms in total. The summed E-state index contributed by atoms with van der Waals surface area (Å²) in [6, 6.07) is 7.45. The van der Waals surface area contributed by atoms with Crippen LogP contribution < -0.4 is 4.90 Å². The minimum Gasteiger partial charge on any atom is -0.480 e. The molecular weight excluding hydrogens is 270 g/mol. The number of carboxylic acid groups (broad SMARTS) is 1. The minimum absolute atomic E-state index is 0.372. The molecule has 0 saturated carbocycles. The van der Waals surface area contributed by atoms with Crippen molar-refractivity contribution in [2.75, 3.05) is 11.4 Å². The Labute approximate surface area is 103 Å². The molecule has 0 spiro atoms. The molecule has 1 aromatic carbocycles. The average Bonchev–Trinajstić information content (AvgIpc) is 2.29. The SMILES string of the molecule is O=C(O)[C@H]1CCCCN1c1cccc(Br)c1. The van der Waals surface area contributed by atoms with Crippen molar-refractivity contribution in [1.29, 1.82) is 0 Å². The molecule has 0 radical (unpaired) electrons. The number of benzene rings is 1. The van der Waals surface area contributed by atoms with E-state index in [0.717, 1.165) is 36.0 Å². The van der Waals surface area contributed by atoms with Gasteiger partial charge >= 0.3 is 5.97 Å². The predicted octanol–water partition coefficient (Wildman–Crippen LogP) is 2.89. The Balaban J connectivity index is 2.26. The van der Waals surface area contributed by atoms with E-state index in [1.165, 1.54) is 0 Å². The van der Waals surface area contributed by atoms with Crippen LogP contribution in [0.3, 0.4) is 0 Å². The molecule has 0 amide bonds. The minimum atomic E-state index is -0.723. The van der Waals surface area contributed by atoms with Gasteiger partial charge in [-0.05, 0) is 37.5 Å². The van der Waals surface area contributed by atoms with E-state index in [9.17, 15) is 9.90 Å². The maximum absolute atomic E-state index is 11.2. The molecule has 0 aliphatic carbocycles. The molecule has 1 heterocycles. The average molecular weight is 284 g/mol. The molecule has 2 rings (SSSR count). The van der Waals surface area contributed by atoms with Crippen molar-refractivity contribution in [2.45, 2.75) is 25.3 Å². The van der Waals surface area contributed by atoms with Gasteiger partial charge in [-0.25, -0.2) is 4.79 Å². The van der Waals surface area contributed by atoms with Crippen LogP contribution in [0.25, 0.3) is 0 Å². The summed E-state index contributed by atoms with van der Waals surface area (Å²) in [6.07, 6.45) is 2.81. The highest BCUT2D eigenvalue weighted by Crippen LogP contribution is 2.27. The van der Waals surface area contributed by atoms with Crippen LogP contribution in [0, 0.1) is 0 Å². The van der Waals surface area contributed by atoms with Crippen molar-refractivity contribution in [3.05, 3.63) is 28.7 Å². The van der Waals surface area contributed by atoms with E-state index in [-0.39, 0.29) is 6.04 Å². The lowest BCUT2D eigenvalue weighted by Gasteiger charge is -2.34. The fourth-order valence-electron chi connectivity index (χ4n) is 2.15. The van der Waals surface area contributed by atoms with E-state index in [2.05, 4.69) is 15.9 Å². The van der Waals surface area contributed by atoms with Crippen LogP contribution in [-0.2, 0) is 4.79 Å². The molecule has 0 unspecified atom stereocenters. The lowest BCUT2D eigenvalue weighted by molar-refractivity contribution is -0.139. The van der Waals surface area contributed by atoms with Gasteiger partial charge in [0.15, 0.2) is 0 Å². The summed E-state index contributed by atoms with van der Waals surface area (Å²) >= 11 is 3.41. The first-order valence-electron chi connectivity index (χ1n) is 5.43. The second-order valence-electron chi connectivity index (χ2n) is 4.02. The summed E-state index contributed by atoms with van der Waals surface area (Å²) in [5.41, 5.74) is 0.987. The maximum Gasteiger partial charge on any atom is 0.326 e. The summed E-state index contributed by atoms with van der Waals surface area (Å²) in [7, 11) is 0. The number of carboxylic acids is 1. The standard InChI is InChI=1S/C12H14BrNO2/c13-9-4-3-5-10(8-9)14-7-2-1-6-11(14)12(15)16/h3-5,8,11H,1-2,6-7H2,(H,15,16)/t11-/m1/s1. The van der Waals surface area contributed by atoms with Gasteiger partial charge in [-0.3, -0.25) is 0 Å². The van der Waals surface area contributed by atoms with Gasteiger partial charge in [-0.2, -0.15) is 0 Å². The monoisotopic (exact) mass is 283 g/mol. The molecular formula is C12H14BrNO2. The van der Waals surface area contributed by atoms with E-state index >= 15 is 0 Å². The van der Waals surface area contributed by atoms with Gasteiger partial charge in [0.25, 0.3) is 0 Å². The van der Waals surface area contributed by atoms with E-state index < -0.39 is 5.97 Å². The smallest absolute Gasteiger partial charge is 0.326 e. The van der Waals surface area contributed by atoms with Gasteiger partial charge < -0.3 is 10.0 Å². The third kappa shape index (κ3) is 2.38. The van der Waals surface area contributed by atoms with Crippen LogP contribution in [0.2, 0.25) is 0 Å². The summed E-state index contributed by atoms with van der Waals surface area (Å²) in [4.78, 5) is 13.2. The topological polar surface area (TPSA) is 40.5 Å². The number of halogens is 1. The first-order chi connectivity index (χ1) is 7.68. The number of hydrogen-bond acceptors (Lipinski definition) is 2. The number of piperidine rings is 1. The van der Waals surface area contributed by atoms with Crippen LogP contribution in [0.5, 0.6) is 0 Å². The normalized spacial score (nSPS) is 20.8. The quantitative estimate of drug-likeness (QED) is 0.907. The predicted molar refractivity (Wildman–Crippen MR) is 66.8 cm³/mol. The van der Waals surface area contributed by atoms with Crippen LogP contribution in [0.1, 0.15) is 19.3 Å². The second-order valence-corrected chi connectivity index (χ2v) is 4.94. The first-order valence-corrected chi connectivity index (χ1v) is 6.23. The molecule has 1 atom stereocenters. The summed E-state index contributed by atoms with van der Waals surface area (Å²) in [5, 5.41) is 9.19. The van der Waals surface area contributed by atoms with Crippen molar-refractivity contribution in [1.82, 2.24) is 0 Å². The number of aliphatic carboxylic acids is 1. The summed E-state index contributed by atoms with van der Waals surface area (Å²) < 4.78 is 0.986. The Morgan fingerprint density at radius 2 is 2.25 bits per heavy atom. The van der Waals surface area contributed by atoms with Crippen LogP contribution in [0.4, 0.5) is 5.69 Å². The van der Waals surface area contributed by atoms with E-state index in [4.69, 9.17) is 0 Å². The Hall–Kier alpha value is -1.03. The molecule has 1 fully saturated rings. The molecule has 1 aliphatic rings. The Morgan fingerprint density at radius 1 is 1.44 bits per heavy atom. The zero-order valence-corrected chi connectivity index (χ0v) is 10.5. The first kappa shape index (κ1) is 11.5. The zero-order chi connectivity index (χ0) is 11.5. The van der Waals surface area contributed by atoms with Crippen molar-refractivity contribution in [3.8, 4) is 0 Å². The van der Waals surface area contributed by atoms with Crippen LogP contribution >= 0.6 is 15.9 Å². The van der Waals surface area contributed by atoms with Gasteiger partial charge in [-0.15, -0.1) is 0 Å². The fourth-order valence-corrected chi connectivity index (χ4v) is 2.54. The van der Waals surface area contributed by atoms with Crippen molar-refractivity contribution >= 4 is 27.6 Å². The number of nitrogens with zero attached hydrogens (tertiary/aromatic N) is 1. The highest BCUT2D eigenvalue weighted by molar-refractivity contribution is 9.10. The number of rotatable bonds is 2. The van der Waals surface area contributed by atoms with E-state index in [1.54, 1.807) is 0 Å². The third-order valence-electron chi connectivity index (χ3n) is 2.93. The second kappa shape index (κ2) is 4.87. The van der Waals surface area contributed by atoms with Gasteiger partial charge in [0.05, 0.1) is 0 Å². The molecule has 1 aromatic rings. The molecule has 16 heavy (non-hydrogen) atoms. The van der Waals surface area contributed by atoms with Crippen molar-refractivity contribution < 1.29 is 9.90 Å². The highest BCUT2D eigenvalue weighted by atomic mass is 79.9. The van der Waals surface area contributed by atoms with Gasteiger partial charge in [0, 0.05) is 16.7 Å². The van der Waals surface area contributed by atoms with Crippen molar-refractivity contribution in [2.24, 2.45) is 0 Å². The maximum atomic E-state index is 11.2. The Bertz CT molecular complexity index is 394. The molecule has 1 aliphatic heterocycles. The Morgan fingerprint density at radius 3 is 2.94 bits per heavy atom. The van der Waals surface area contributed by atoms with Gasteiger partial charge in [-0.1, -0.05) is 22.0 Å². The molecule has 0 bridgehead atoms. The number of carbonyl (C=O) groups is 1. The van der Waals surface area contributed by atoms with E-state index in [0.29, 0.717) is 0 Å². The highest BCUT2D eigenvalue weighted by Gasteiger charge is 2.28.